The van der Waals surface area contributed by atoms with Gasteiger partial charge in [-0.1, -0.05) is 6.42 Å². The van der Waals surface area contributed by atoms with Gasteiger partial charge in [0, 0.05) is 31.8 Å². The van der Waals surface area contributed by atoms with E-state index >= 15 is 0 Å². The molecule has 1 saturated heterocycles. The number of ether oxygens (including phenoxy) is 1. The first kappa shape index (κ1) is 11.4. The molecule has 0 amide bonds. The molecule has 88 valence electrons. The molecule has 1 heterocycles. The van der Waals surface area contributed by atoms with Crippen molar-refractivity contribution in [2.24, 2.45) is 11.7 Å². The zero-order chi connectivity index (χ0) is 10.7. The average Bonchev–Trinajstić information content (AvgIpc) is 2.66. The normalized spacial score (nSPS) is 33.8. The number of nitrogens with two attached hydrogens (primary N) is 1. The van der Waals surface area contributed by atoms with E-state index in [-0.39, 0.29) is 0 Å². The van der Waals surface area contributed by atoms with Crippen LogP contribution in [0.5, 0.6) is 0 Å². The van der Waals surface area contributed by atoms with Crippen molar-refractivity contribution in [3.05, 3.63) is 0 Å². The van der Waals surface area contributed by atoms with E-state index in [9.17, 15) is 0 Å². The molecule has 0 aromatic rings. The predicted octanol–water partition coefficient (Wildman–Crippen LogP) is 1.22. The van der Waals surface area contributed by atoms with Crippen LogP contribution >= 0.6 is 0 Å². The van der Waals surface area contributed by atoms with E-state index in [1.807, 2.05) is 0 Å². The third-order valence-corrected chi connectivity index (χ3v) is 3.98. The zero-order valence-corrected chi connectivity index (χ0v) is 9.82. The van der Waals surface area contributed by atoms with Crippen molar-refractivity contribution >= 4 is 0 Å². The van der Waals surface area contributed by atoms with Gasteiger partial charge in [0.1, 0.15) is 0 Å². The molecule has 3 nitrogen and oxygen atoms in total. The van der Waals surface area contributed by atoms with E-state index in [0.717, 1.165) is 19.1 Å². The summed E-state index contributed by atoms with van der Waals surface area (Å²) >= 11 is 0. The quantitative estimate of drug-likeness (QED) is 0.764. The van der Waals surface area contributed by atoms with Gasteiger partial charge in [0.2, 0.25) is 0 Å². The van der Waals surface area contributed by atoms with Gasteiger partial charge < -0.3 is 15.4 Å². The highest BCUT2D eigenvalue weighted by Gasteiger charge is 2.28. The second-order valence-corrected chi connectivity index (χ2v) is 5.16. The van der Waals surface area contributed by atoms with Crippen molar-refractivity contribution in [3.8, 4) is 0 Å². The molecule has 0 aromatic heterocycles. The zero-order valence-electron chi connectivity index (χ0n) is 9.82. The number of hydrogen-bond donors (Lipinski definition) is 1. The van der Waals surface area contributed by atoms with Crippen molar-refractivity contribution in [2.45, 2.75) is 44.2 Å². The Bertz CT molecular complexity index is 192. The summed E-state index contributed by atoms with van der Waals surface area (Å²) < 4.78 is 5.38. The first-order valence-electron chi connectivity index (χ1n) is 6.31. The average molecular weight is 212 g/mol. The van der Waals surface area contributed by atoms with E-state index in [1.165, 1.54) is 38.6 Å². The van der Waals surface area contributed by atoms with Crippen LogP contribution in [0.2, 0.25) is 0 Å². The summed E-state index contributed by atoms with van der Waals surface area (Å²) in [5.41, 5.74) is 6.12. The molecule has 2 aliphatic rings. The highest BCUT2D eigenvalue weighted by atomic mass is 16.5. The van der Waals surface area contributed by atoms with Crippen LogP contribution in [0.4, 0.5) is 0 Å². The van der Waals surface area contributed by atoms with Crippen molar-refractivity contribution in [1.82, 2.24) is 4.90 Å². The van der Waals surface area contributed by atoms with Gasteiger partial charge in [-0.3, -0.25) is 0 Å². The maximum atomic E-state index is 6.12. The molecule has 0 radical (unpaired) electrons. The van der Waals surface area contributed by atoms with Crippen LogP contribution in [-0.4, -0.2) is 43.8 Å². The molecule has 0 aromatic carbocycles. The molecule has 1 aliphatic heterocycles. The van der Waals surface area contributed by atoms with E-state index in [2.05, 4.69) is 11.9 Å². The molecule has 1 aliphatic carbocycles. The molecular weight excluding hydrogens is 188 g/mol. The Morgan fingerprint density at radius 3 is 2.53 bits per heavy atom. The SMILES string of the molecule is CN(CC1CCOCC1)C1CCCC1N. The summed E-state index contributed by atoms with van der Waals surface area (Å²) in [7, 11) is 2.24. The van der Waals surface area contributed by atoms with Crippen LogP contribution in [0.3, 0.4) is 0 Å². The Morgan fingerprint density at radius 2 is 1.93 bits per heavy atom. The lowest BCUT2D eigenvalue weighted by molar-refractivity contribution is 0.0497. The summed E-state index contributed by atoms with van der Waals surface area (Å²) in [4.78, 5) is 2.49. The summed E-state index contributed by atoms with van der Waals surface area (Å²) in [6, 6.07) is 1.04. The molecule has 2 N–H and O–H groups in total. The summed E-state index contributed by atoms with van der Waals surface area (Å²) in [6.07, 6.45) is 6.27. The smallest absolute Gasteiger partial charge is 0.0469 e. The Hall–Kier alpha value is -0.120. The number of likely N-dealkylation sites (N-methyl/N-ethyl adjacent to an activating group) is 1. The van der Waals surface area contributed by atoms with Crippen molar-refractivity contribution in [1.29, 1.82) is 0 Å². The Kier molecular flexibility index (Phi) is 4.00. The maximum absolute atomic E-state index is 6.12. The fourth-order valence-electron chi connectivity index (χ4n) is 2.99. The van der Waals surface area contributed by atoms with Crippen LogP contribution in [0.25, 0.3) is 0 Å². The summed E-state index contributed by atoms with van der Waals surface area (Å²) in [6.45, 7) is 3.12. The van der Waals surface area contributed by atoms with Crippen LogP contribution in [0.1, 0.15) is 32.1 Å². The van der Waals surface area contributed by atoms with E-state index in [1.54, 1.807) is 0 Å². The predicted molar refractivity (Wildman–Crippen MR) is 61.8 cm³/mol. The molecule has 0 bridgehead atoms. The highest BCUT2D eigenvalue weighted by Crippen LogP contribution is 2.24. The van der Waals surface area contributed by atoms with Crippen molar-refractivity contribution in [3.63, 3.8) is 0 Å². The molecule has 1 saturated carbocycles. The minimum absolute atomic E-state index is 0.412. The molecule has 3 heteroatoms. The highest BCUT2D eigenvalue weighted by molar-refractivity contribution is 4.87. The largest absolute Gasteiger partial charge is 0.381 e. The van der Waals surface area contributed by atoms with Gasteiger partial charge in [0.15, 0.2) is 0 Å². The Balaban J connectivity index is 1.77. The van der Waals surface area contributed by atoms with Crippen LogP contribution in [-0.2, 0) is 4.74 Å². The Labute approximate surface area is 93.0 Å². The monoisotopic (exact) mass is 212 g/mol. The lowest BCUT2D eigenvalue weighted by Gasteiger charge is -2.32. The van der Waals surface area contributed by atoms with Gasteiger partial charge in [-0.15, -0.1) is 0 Å². The first-order chi connectivity index (χ1) is 7.27. The number of hydrogen-bond acceptors (Lipinski definition) is 3. The molecule has 2 rings (SSSR count). The van der Waals surface area contributed by atoms with Gasteiger partial charge in [-0.05, 0) is 38.6 Å². The fourth-order valence-corrected chi connectivity index (χ4v) is 2.99. The molecule has 0 spiro atoms. The topological polar surface area (TPSA) is 38.5 Å². The number of nitrogens with zero attached hydrogens (tertiary/aromatic N) is 1. The number of rotatable bonds is 3. The Morgan fingerprint density at radius 1 is 1.20 bits per heavy atom. The second-order valence-electron chi connectivity index (χ2n) is 5.16. The summed E-state index contributed by atoms with van der Waals surface area (Å²) in [5, 5.41) is 0. The third-order valence-electron chi connectivity index (χ3n) is 3.98. The second kappa shape index (κ2) is 5.28. The minimum Gasteiger partial charge on any atom is -0.381 e. The first-order valence-corrected chi connectivity index (χ1v) is 6.31. The maximum Gasteiger partial charge on any atom is 0.0469 e. The van der Waals surface area contributed by atoms with Crippen molar-refractivity contribution in [2.75, 3.05) is 26.8 Å². The van der Waals surface area contributed by atoms with Gasteiger partial charge in [0.05, 0.1) is 0 Å². The molecule has 2 unspecified atom stereocenters. The van der Waals surface area contributed by atoms with E-state index < -0.39 is 0 Å². The van der Waals surface area contributed by atoms with Gasteiger partial charge in [-0.2, -0.15) is 0 Å². The molecule has 2 fully saturated rings. The molecule has 2 atom stereocenters. The lowest BCUT2D eigenvalue weighted by atomic mass is 9.98. The van der Waals surface area contributed by atoms with E-state index in [4.69, 9.17) is 10.5 Å². The molecular formula is C12H24N2O. The fraction of sp³-hybridized carbons (Fsp3) is 1.00. The van der Waals surface area contributed by atoms with Crippen LogP contribution in [0, 0.1) is 5.92 Å². The van der Waals surface area contributed by atoms with Gasteiger partial charge in [-0.25, -0.2) is 0 Å². The van der Waals surface area contributed by atoms with Gasteiger partial charge >= 0.3 is 0 Å². The van der Waals surface area contributed by atoms with Crippen LogP contribution < -0.4 is 5.73 Å². The minimum atomic E-state index is 0.412. The lowest BCUT2D eigenvalue weighted by Crippen LogP contribution is -2.44. The van der Waals surface area contributed by atoms with Crippen molar-refractivity contribution < 1.29 is 4.74 Å². The summed E-state index contributed by atoms with van der Waals surface area (Å²) in [5.74, 6) is 0.830. The van der Waals surface area contributed by atoms with Crippen LogP contribution in [0.15, 0.2) is 0 Å². The standard InChI is InChI=1S/C12H24N2O/c1-14(12-4-2-3-11(12)13)9-10-5-7-15-8-6-10/h10-12H,2-9,13H2,1H3. The van der Waals surface area contributed by atoms with E-state index in [0.29, 0.717) is 12.1 Å². The van der Waals surface area contributed by atoms with Gasteiger partial charge in [0.25, 0.3) is 0 Å². The third kappa shape index (κ3) is 2.92. The molecule has 15 heavy (non-hydrogen) atoms.